The minimum atomic E-state index is -0.588. The second-order valence-electron chi connectivity index (χ2n) is 7.23. The third kappa shape index (κ3) is 3.20. The van der Waals surface area contributed by atoms with E-state index in [2.05, 4.69) is 52.0 Å². The summed E-state index contributed by atoms with van der Waals surface area (Å²) in [7, 11) is 0. The van der Waals surface area contributed by atoms with Crippen LogP contribution in [0.1, 0.15) is 70.9 Å². The van der Waals surface area contributed by atoms with Gasteiger partial charge in [-0.2, -0.15) is 0 Å². The quantitative estimate of drug-likeness (QED) is 0.812. The van der Waals surface area contributed by atoms with Gasteiger partial charge in [0.05, 0.1) is 5.60 Å². The number of rotatable bonds is 2. The first kappa shape index (κ1) is 14.6. The largest absolute Gasteiger partial charge is 0.385 e. The summed E-state index contributed by atoms with van der Waals surface area (Å²) in [6.45, 7) is 8.92. The van der Waals surface area contributed by atoms with E-state index >= 15 is 0 Å². The van der Waals surface area contributed by atoms with Crippen LogP contribution in [0, 0.1) is 5.92 Å². The van der Waals surface area contributed by atoms with Gasteiger partial charge in [0.1, 0.15) is 0 Å². The molecule has 0 spiro atoms. The molecule has 0 aromatic heterocycles. The summed E-state index contributed by atoms with van der Waals surface area (Å²) in [5.74, 6) is 0.682. The molecule has 1 heteroatoms. The summed E-state index contributed by atoms with van der Waals surface area (Å²) in [5, 5.41) is 10.9. The molecule has 2 unspecified atom stereocenters. The Hall–Kier alpha value is -0.820. The molecule has 2 atom stereocenters. The molecule has 106 valence electrons. The van der Waals surface area contributed by atoms with Crippen molar-refractivity contribution in [2.24, 2.45) is 5.92 Å². The summed E-state index contributed by atoms with van der Waals surface area (Å²) in [5.41, 5.74) is 2.04. The maximum atomic E-state index is 10.9. The molecule has 0 aliphatic heterocycles. The van der Waals surface area contributed by atoms with E-state index in [0.29, 0.717) is 5.92 Å². The Morgan fingerprint density at radius 3 is 2.37 bits per heavy atom. The molecular weight excluding hydrogens is 232 g/mol. The monoisotopic (exact) mass is 260 g/mol. The molecule has 1 fully saturated rings. The maximum absolute atomic E-state index is 10.9. The van der Waals surface area contributed by atoms with E-state index in [0.717, 1.165) is 24.8 Å². The van der Waals surface area contributed by atoms with Crippen LogP contribution in [-0.2, 0) is 11.0 Å². The highest BCUT2D eigenvalue weighted by Crippen LogP contribution is 2.41. The van der Waals surface area contributed by atoms with E-state index in [4.69, 9.17) is 0 Å². The van der Waals surface area contributed by atoms with Crippen molar-refractivity contribution in [3.05, 3.63) is 35.4 Å². The van der Waals surface area contributed by atoms with Crippen molar-refractivity contribution >= 4 is 0 Å². The van der Waals surface area contributed by atoms with Gasteiger partial charge < -0.3 is 5.11 Å². The zero-order chi connectivity index (χ0) is 14.1. The Balaban J connectivity index is 2.21. The third-order valence-electron chi connectivity index (χ3n) is 4.69. The fourth-order valence-electron chi connectivity index (χ4n) is 3.26. The van der Waals surface area contributed by atoms with Crippen molar-refractivity contribution in [3.8, 4) is 0 Å². The highest BCUT2D eigenvalue weighted by atomic mass is 16.3. The predicted octanol–water partition coefficient (Wildman–Crippen LogP) is 4.77. The zero-order valence-electron chi connectivity index (χ0n) is 12.9. The summed E-state index contributed by atoms with van der Waals surface area (Å²) >= 11 is 0. The van der Waals surface area contributed by atoms with Crippen LogP contribution in [0.2, 0.25) is 0 Å². The third-order valence-corrected chi connectivity index (χ3v) is 4.69. The molecule has 0 amide bonds. The van der Waals surface area contributed by atoms with Crippen LogP contribution in [0.25, 0.3) is 0 Å². The topological polar surface area (TPSA) is 20.2 Å². The highest BCUT2D eigenvalue weighted by molar-refractivity contribution is 5.31. The summed E-state index contributed by atoms with van der Waals surface area (Å²) in [4.78, 5) is 0. The zero-order valence-corrected chi connectivity index (χ0v) is 12.9. The van der Waals surface area contributed by atoms with Crippen LogP contribution in [0.3, 0.4) is 0 Å². The molecule has 0 radical (unpaired) electrons. The lowest BCUT2D eigenvalue weighted by Gasteiger charge is -2.37. The first-order valence-electron chi connectivity index (χ1n) is 7.68. The van der Waals surface area contributed by atoms with Crippen LogP contribution in [0.4, 0.5) is 0 Å². The average molecular weight is 260 g/mol. The second-order valence-corrected chi connectivity index (χ2v) is 7.23. The van der Waals surface area contributed by atoms with Crippen LogP contribution < -0.4 is 0 Å². The molecule has 1 aliphatic carbocycles. The van der Waals surface area contributed by atoms with E-state index in [1.807, 2.05) is 0 Å². The molecule has 1 nitrogen and oxygen atoms in total. The van der Waals surface area contributed by atoms with Gasteiger partial charge in [-0.05, 0) is 41.7 Å². The van der Waals surface area contributed by atoms with Crippen molar-refractivity contribution in [1.29, 1.82) is 0 Å². The van der Waals surface area contributed by atoms with Gasteiger partial charge in [0.15, 0.2) is 0 Å². The van der Waals surface area contributed by atoms with Gasteiger partial charge in [0.25, 0.3) is 0 Å². The minimum Gasteiger partial charge on any atom is -0.385 e. The number of hydrogen-bond donors (Lipinski definition) is 1. The smallest absolute Gasteiger partial charge is 0.0899 e. The van der Waals surface area contributed by atoms with Gasteiger partial charge in [-0.15, -0.1) is 0 Å². The Morgan fingerprint density at radius 1 is 1.21 bits per heavy atom. The van der Waals surface area contributed by atoms with Crippen molar-refractivity contribution in [1.82, 2.24) is 0 Å². The average Bonchev–Trinajstić information content (AvgIpc) is 2.38. The Bertz CT molecular complexity index is 412. The first-order chi connectivity index (χ1) is 8.85. The summed E-state index contributed by atoms with van der Waals surface area (Å²) in [6.07, 6.45) is 5.45. The predicted molar refractivity (Wildman–Crippen MR) is 81.3 cm³/mol. The van der Waals surface area contributed by atoms with Crippen LogP contribution in [-0.4, -0.2) is 5.11 Å². The minimum absolute atomic E-state index is 0.180. The fourth-order valence-corrected chi connectivity index (χ4v) is 3.26. The van der Waals surface area contributed by atoms with E-state index in [-0.39, 0.29) is 5.41 Å². The number of hydrogen-bond acceptors (Lipinski definition) is 1. The summed E-state index contributed by atoms with van der Waals surface area (Å²) < 4.78 is 0. The van der Waals surface area contributed by atoms with Gasteiger partial charge in [0, 0.05) is 0 Å². The molecule has 2 rings (SSSR count). The van der Waals surface area contributed by atoms with Crippen LogP contribution in [0.15, 0.2) is 24.3 Å². The van der Waals surface area contributed by atoms with Gasteiger partial charge >= 0.3 is 0 Å². The highest BCUT2D eigenvalue weighted by Gasteiger charge is 2.35. The lowest BCUT2D eigenvalue weighted by molar-refractivity contribution is -0.0217. The van der Waals surface area contributed by atoms with E-state index in [1.54, 1.807) is 0 Å². The fraction of sp³-hybridized carbons (Fsp3) is 0.667. The van der Waals surface area contributed by atoms with Gasteiger partial charge in [0.2, 0.25) is 0 Å². The SMILES string of the molecule is CCC1CCCC(O)(c2ccc(C(C)(C)C)cc2)C1. The molecule has 1 saturated carbocycles. The van der Waals surface area contributed by atoms with Crippen molar-refractivity contribution in [2.45, 2.75) is 70.8 Å². The second kappa shape index (κ2) is 5.28. The standard InChI is InChI=1S/C18H28O/c1-5-14-7-6-12-18(19,13-14)16-10-8-15(9-11-16)17(2,3)4/h8-11,14,19H,5-7,12-13H2,1-4H3. The Labute approximate surface area is 118 Å². The normalized spacial score (nSPS) is 28.4. The van der Waals surface area contributed by atoms with Gasteiger partial charge in [-0.25, -0.2) is 0 Å². The van der Waals surface area contributed by atoms with Crippen LogP contribution in [0.5, 0.6) is 0 Å². The molecule has 0 heterocycles. The Morgan fingerprint density at radius 2 is 1.84 bits per heavy atom. The number of aliphatic hydroxyl groups is 1. The lowest BCUT2D eigenvalue weighted by Crippen LogP contribution is -2.32. The van der Waals surface area contributed by atoms with Crippen molar-refractivity contribution in [3.63, 3.8) is 0 Å². The molecule has 0 bridgehead atoms. The molecule has 1 aromatic rings. The van der Waals surface area contributed by atoms with E-state index in [9.17, 15) is 5.11 Å². The first-order valence-corrected chi connectivity index (χ1v) is 7.68. The van der Waals surface area contributed by atoms with E-state index in [1.165, 1.54) is 18.4 Å². The van der Waals surface area contributed by atoms with Gasteiger partial charge in [-0.3, -0.25) is 0 Å². The molecular formula is C18H28O. The van der Waals surface area contributed by atoms with Gasteiger partial charge in [-0.1, -0.05) is 64.8 Å². The Kier molecular flexibility index (Phi) is 4.06. The molecule has 1 N–H and O–H groups in total. The number of benzene rings is 1. The molecule has 1 aromatic carbocycles. The molecule has 0 saturated heterocycles. The van der Waals surface area contributed by atoms with Crippen molar-refractivity contribution < 1.29 is 5.11 Å². The van der Waals surface area contributed by atoms with Crippen LogP contribution >= 0.6 is 0 Å². The van der Waals surface area contributed by atoms with Crippen molar-refractivity contribution in [2.75, 3.05) is 0 Å². The maximum Gasteiger partial charge on any atom is 0.0899 e. The lowest BCUT2D eigenvalue weighted by atomic mass is 9.73. The van der Waals surface area contributed by atoms with E-state index < -0.39 is 5.60 Å². The molecule has 19 heavy (non-hydrogen) atoms. The molecule has 1 aliphatic rings. The summed E-state index contributed by atoms with van der Waals surface area (Å²) in [6, 6.07) is 8.64.